The lowest BCUT2D eigenvalue weighted by Crippen LogP contribution is -2.10. The van der Waals surface area contributed by atoms with Crippen LogP contribution in [0.5, 0.6) is 0 Å². The van der Waals surface area contributed by atoms with Crippen molar-refractivity contribution in [3.05, 3.63) is 50.1 Å². The Morgan fingerprint density at radius 2 is 2.00 bits per heavy atom. The third-order valence-corrected chi connectivity index (χ3v) is 3.72. The van der Waals surface area contributed by atoms with Crippen molar-refractivity contribution in [1.29, 1.82) is 0 Å². The minimum Gasteiger partial charge on any atom is -0.321 e. The van der Waals surface area contributed by atoms with Gasteiger partial charge < -0.3 is 5.32 Å². The van der Waals surface area contributed by atoms with Gasteiger partial charge in [-0.15, -0.1) is 11.3 Å². The van der Waals surface area contributed by atoms with Gasteiger partial charge in [0.15, 0.2) is 0 Å². The van der Waals surface area contributed by atoms with E-state index >= 15 is 0 Å². The van der Waals surface area contributed by atoms with Crippen LogP contribution in [0.3, 0.4) is 0 Å². The Labute approximate surface area is 113 Å². The van der Waals surface area contributed by atoms with E-state index in [1.54, 1.807) is 0 Å². The number of thiophene rings is 1. The summed E-state index contributed by atoms with van der Waals surface area (Å²) in [5.74, 6) is -0.0550. The maximum Gasteiger partial charge on any atom is 0.265 e. The summed E-state index contributed by atoms with van der Waals surface area (Å²) >= 11 is 4.91. The third kappa shape index (κ3) is 3.17. The molecule has 17 heavy (non-hydrogen) atoms. The first kappa shape index (κ1) is 12.3. The summed E-state index contributed by atoms with van der Waals surface area (Å²) in [6, 6.07) is 9.64. The zero-order valence-corrected chi connectivity index (χ0v) is 12.0. The van der Waals surface area contributed by atoms with E-state index in [1.165, 1.54) is 11.3 Å². The van der Waals surface area contributed by atoms with E-state index in [2.05, 4.69) is 21.2 Å². The molecule has 0 spiro atoms. The van der Waals surface area contributed by atoms with Crippen LogP contribution in [0.4, 0.5) is 5.69 Å². The van der Waals surface area contributed by atoms with Crippen LogP contribution in [-0.4, -0.2) is 5.91 Å². The molecule has 1 N–H and O–H groups in total. The maximum absolute atomic E-state index is 11.9. The summed E-state index contributed by atoms with van der Waals surface area (Å²) in [6.07, 6.45) is 0. The first-order chi connectivity index (χ1) is 8.04. The molecule has 0 bridgehead atoms. The molecular weight excluding hydrogens is 298 g/mol. The highest BCUT2D eigenvalue weighted by Crippen LogP contribution is 2.21. The highest BCUT2D eigenvalue weighted by molar-refractivity contribution is 9.10. The van der Waals surface area contributed by atoms with Gasteiger partial charge in [-0.25, -0.2) is 0 Å². The zero-order valence-electron chi connectivity index (χ0n) is 9.58. The molecule has 0 aliphatic heterocycles. The SMILES string of the molecule is Cc1cc(Br)cc(NC(=O)c2ccc(C)s2)c1. The number of nitrogens with one attached hydrogen (secondary N) is 1. The van der Waals surface area contributed by atoms with Crippen molar-refractivity contribution in [1.82, 2.24) is 0 Å². The number of rotatable bonds is 2. The molecule has 88 valence electrons. The quantitative estimate of drug-likeness (QED) is 0.876. The Balaban J connectivity index is 2.18. The number of amides is 1. The fourth-order valence-corrected chi connectivity index (χ4v) is 2.93. The number of halogens is 1. The largest absolute Gasteiger partial charge is 0.321 e. The Kier molecular flexibility index (Phi) is 3.64. The topological polar surface area (TPSA) is 29.1 Å². The summed E-state index contributed by atoms with van der Waals surface area (Å²) in [5.41, 5.74) is 1.92. The lowest BCUT2D eigenvalue weighted by molar-refractivity contribution is 0.103. The molecule has 0 fully saturated rings. The van der Waals surface area contributed by atoms with Crippen LogP contribution in [-0.2, 0) is 0 Å². The lowest BCUT2D eigenvalue weighted by Gasteiger charge is -2.05. The summed E-state index contributed by atoms with van der Waals surface area (Å²) in [5, 5.41) is 2.89. The molecular formula is C13H12BrNOS. The van der Waals surface area contributed by atoms with Gasteiger partial charge in [0.1, 0.15) is 0 Å². The minimum atomic E-state index is -0.0550. The molecule has 2 nitrogen and oxygen atoms in total. The molecule has 0 saturated heterocycles. The van der Waals surface area contributed by atoms with Crippen molar-refractivity contribution in [2.45, 2.75) is 13.8 Å². The highest BCUT2D eigenvalue weighted by Gasteiger charge is 2.08. The standard InChI is InChI=1S/C13H12BrNOS/c1-8-5-10(14)7-11(6-8)15-13(16)12-4-3-9(2)17-12/h3-7H,1-2H3,(H,15,16). The second-order valence-corrected chi connectivity index (χ2v) is 6.09. The van der Waals surface area contributed by atoms with Gasteiger partial charge in [0.05, 0.1) is 4.88 Å². The molecule has 0 atom stereocenters. The summed E-state index contributed by atoms with van der Waals surface area (Å²) in [7, 11) is 0. The van der Waals surface area contributed by atoms with E-state index in [1.807, 2.05) is 44.2 Å². The van der Waals surface area contributed by atoms with E-state index in [-0.39, 0.29) is 5.91 Å². The third-order valence-electron chi connectivity index (χ3n) is 2.26. The van der Waals surface area contributed by atoms with Crippen molar-refractivity contribution >= 4 is 38.9 Å². The number of hydrogen-bond donors (Lipinski definition) is 1. The van der Waals surface area contributed by atoms with Crippen molar-refractivity contribution < 1.29 is 4.79 Å². The molecule has 1 aromatic carbocycles. The molecule has 1 amide bonds. The Morgan fingerprint density at radius 3 is 2.59 bits per heavy atom. The zero-order chi connectivity index (χ0) is 12.4. The van der Waals surface area contributed by atoms with Crippen molar-refractivity contribution in [3.63, 3.8) is 0 Å². The van der Waals surface area contributed by atoms with Crippen molar-refractivity contribution in [2.75, 3.05) is 5.32 Å². The van der Waals surface area contributed by atoms with Crippen LogP contribution in [0.15, 0.2) is 34.8 Å². The van der Waals surface area contributed by atoms with Gasteiger partial charge in [-0.1, -0.05) is 15.9 Å². The predicted octanol–water partition coefficient (Wildman–Crippen LogP) is 4.38. The summed E-state index contributed by atoms with van der Waals surface area (Å²) in [6.45, 7) is 3.99. The Morgan fingerprint density at radius 1 is 1.24 bits per heavy atom. The molecule has 0 aliphatic carbocycles. The van der Waals surface area contributed by atoms with Gasteiger partial charge in [0.2, 0.25) is 0 Å². The molecule has 2 rings (SSSR count). The smallest absolute Gasteiger partial charge is 0.265 e. The number of benzene rings is 1. The van der Waals surface area contributed by atoms with Crippen molar-refractivity contribution in [3.8, 4) is 0 Å². The number of carbonyl (C=O) groups excluding carboxylic acids is 1. The molecule has 0 unspecified atom stereocenters. The molecule has 1 aromatic heterocycles. The van der Waals surface area contributed by atoms with Gasteiger partial charge in [-0.2, -0.15) is 0 Å². The Bertz CT molecular complexity index is 542. The molecule has 0 saturated carbocycles. The fourth-order valence-electron chi connectivity index (χ4n) is 1.56. The molecule has 1 heterocycles. The second kappa shape index (κ2) is 5.02. The van der Waals surface area contributed by atoms with E-state index in [4.69, 9.17) is 0 Å². The van der Waals surface area contributed by atoms with Crippen LogP contribution in [0, 0.1) is 13.8 Å². The van der Waals surface area contributed by atoms with Crippen LogP contribution in [0.1, 0.15) is 20.1 Å². The first-order valence-electron chi connectivity index (χ1n) is 5.19. The van der Waals surface area contributed by atoms with Gasteiger partial charge in [-0.05, 0) is 49.7 Å². The molecule has 0 radical (unpaired) electrons. The van der Waals surface area contributed by atoms with Crippen LogP contribution < -0.4 is 5.32 Å². The average Bonchev–Trinajstić information content (AvgIpc) is 2.63. The van der Waals surface area contributed by atoms with Crippen molar-refractivity contribution in [2.24, 2.45) is 0 Å². The number of hydrogen-bond acceptors (Lipinski definition) is 2. The van der Waals surface area contributed by atoms with Crippen LogP contribution >= 0.6 is 27.3 Å². The number of aryl methyl sites for hydroxylation is 2. The van der Waals surface area contributed by atoms with Gasteiger partial charge >= 0.3 is 0 Å². The van der Waals surface area contributed by atoms with Gasteiger partial charge in [0, 0.05) is 15.0 Å². The first-order valence-corrected chi connectivity index (χ1v) is 6.80. The lowest BCUT2D eigenvalue weighted by atomic mass is 10.2. The van der Waals surface area contributed by atoms with E-state index in [0.29, 0.717) is 0 Å². The van der Waals surface area contributed by atoms with E-state index < -0.39 is 0 Å². The Hall–Kier alpha value is -1.13. The van der Waals surface area contributed by atoms with Crippen LogP contribution in [0.25, 0.3) is 0 Å². The highest BCUT2D eigenvalue weighted by atomic mass is 79.9. The fraction of sp³-hybridized carbons (Fsp3) is 0.154. The second-order valence-electron chi connectivity index (χ2n) is 3.88. The summed E-state index contributed by atoms with van der Waals surface area (Å²) in [4.78, 5) is 13.8. The van der Waals surface area contributed by atoms with Crippen LogP contribution in [0.2, 0.25) is 0 Å². The van der Waals surface area contributed by atoms with E-state index in [0.717, 1.165) is 25.5 Å². The predicted molar refractivity (Wildman–Crippen MR) is 75.9 cm³/mol. The number of anilines is 1. The number of carbonyl (C=O) groups is 1. The van der Waals surface area contributed by atoms with Gasteiger partial charge in [-0.3, -0.25) is 4.79 Å². The molecule has 0 aliphatic rings. The molecule has 4 heteroatoms. The minimum absolute atomic E-state index is 0.0550. The van der Waals surface area contributed by atoms with E-state index in [9.17, 15) is 4.79 Å². The summed E-state index contributed by atoms with van der Waals surface area (Å²) < 4.78 is 0.968. The monoisotopic (exact) mass is 309 g/mol. The van der Waals surface area contributed by atoms with Gasteiger partial charge in [0.25, 0.3) is 5.91 Å². The normalized spacial score (nSPS) is 10.3. The molecule has 2 aromatic rings. The maximum atomic E-state index is 11.9. The average molecular weight is 310 g/mol.